The first-order chi connectivity index (χ1) is 13.6. The van der Waals surface area contributed by atoms with E-state index in [-0.39, 0.29) is 5.82 Å². The second-order valence-electron chi connectivity index (χ2n) is 7.92. The molecule has 0 heterocycles. The van der Waals surface area contributed by atoms with Crippen molar-refractivity contribution in [1.29, 1.82) is 0 Å². The zero-order valence-corrected chi connectivity index (χ0v) is 17.0. The van der Waals surface area contributed by atoms with Crippen molar-refractivity contribution in [3.63, 3.8) is 0 Å². The fraction of sp³-hybridized carbons (Fsp3) is 0.280. The van der Waals surface area contributed by atoms with E-state index in [2.05, 4.69) is 31.2 Å². The maximum atomic E-state index is 14.8. The van der Waals surface area contributed by atoms with Gasteiger partial charge in [-0.2, -0.15) is 0 Å². The molecule has 144 valence electrons. The van der Waals surface area contributed by atoms with Crippen molar-refractivity contribution in [1.82, 2.24) is 0 Å². The molecule has 1 aliphatic rings. The molecule has 0 radical (unpaired) electrons. The molecular weight excluding hydrogens is 365 g/mol. The van der Waals surface area contributed by atoms with E-state index >= 15 is 0 Å². The van der Waals surface area contributed by atoms with E-state index < -0.39 is 0 Å². The van der Waals surface area contributed by atoms with Crippen LogP contribution in [0.4, 0.5) is 4.39 Å². The number of halogens is 1. The Morgan fingerprint density at radius 1 is 0.786 bits per heavy atom. The lowest BCUT2D eigenvalue weighted by Crippen LogP contribution is -2.10. The van der Waals surface area contributed by atoms with Crippen LogP contribution in [0, 0.1) is 11.7 Å². The first-order valence-electron chi connectivity index (χ1n) is 10.0. The zero-order chi connectivity index (χ0) is 19.5. The molecule has 0 spiro atoms. The maximum absolute atomic E-state index is 14.8. The van der Waals surface area contributed by atoms with Crippen LogP contribution in [-0.2, 0) is 0 Å². The van der Waals surface area contributed by atoms with Crippen LogP contribution >= 0.6 is 11.9 Å². The Labute approximate surface area is 171 Å². The number of hydrogen-bond acceptors (Lipinski definition) is 2. The van der Waals surface area contributed by atoms with Gasteiger partial charge in [0.2, 0.25) is 0 Å². The van der Waals surface area contributed by atoms with Gasteiger partial charge in [0.15, 0.2) is 0 Å². The van der Waals surface area contributed by atoms with Crippen molar-refractivity contribution in [3.8, 4) is 22.3 Å². The minimum absolute atomic E-state index is 0.186. The average molecular weight is 392 g/mol. The van der Waals surface area contributed by atoms with E-state index in [1.54, 1.807) is 6.07 Å². The van der Waals surface area contributed by atoms with Gasteiger partial charge in [-0.05, 0) is 77.1 Å². The molecule has 0 bridgehead atoms. The van der Waals surface area contributed by atoms with Gasteiger partial charge in [0.25, 0.3) is 0 Å². The fourth-order valence-electron chi connectivity index (χ4n) is 4.18. The van der Waals surface area contributed by atoms with Crippen LogP contribution < -0.4 is 5.14 Å². The Balaban J connectivity index is 1.54. The van der Waals surface area contributed by atoms with Gasteiger partial charge in [-0.3, -0.25) is 5.14 Å². The summed E-state index contributed by atoms with van der Waals surface area (Å²) in [5, 5.41) is 5.57. The van der Waals surface area contributed by atoms with Gasteiger partial charge in [0.1, 0.15) is 5.82 Å². The van der Waals surface area contributed by atoms with Crippen LogP contribution in [0.15, 0.2) is 71.6 Å². The fourth-order valence-corrected chi connectivity index (χ4v) is 4.48. The summed E-state index contributed by atoms with van der Waals surface area (Å²) in [5.41, 5.74) is 4.85. The average Bonchev–Trinajstić information content (AvgIpc) is 2.74. The third-order valence-electron chi connectivity index (χ3n) is 6.00. The lowest BCUT2D eigenvalue weighted by molar-refractivity contribution is 0.348. The quantitative estimate of drug-likeness (QED) is 0.468. The van der Waals surface area contributed by atoms with Crippen LogP contribution in [0.25, 0.3) is 22.3 Å². The highest BCUT2D eigenvalue weighted by atomic mass is 32.2. The van der Waals surface area contributed by atoms with Crippen LogP contribution in [0.5, 0.6) is 0 Å². The molecule has 3 aromatic carbocycles. The summed E-state index contributed by atoms with van der Waals surface area (Å²) in [7, 11) is 0. The van der Waals surface area contributed by atoms with Crippen molar-refractivity contribution in [2.75, 3.05) is 0 Å². The Kier molecular flexibility index (Phi) is 5.84. The molecule has 4 rings (SSSR count). The lowest BCUT2D eigenvalue weighted by Gasteiger charge is -2.26. The molecule has 0 atom stereocenters. The molecule has 1 aliphatic carbocycles. The number of rotatable bonds is 4. The van der Waals surface area contributed by atoms with Gasteiger partial charge in [-0.1, -0.05) is 68.3 Å². The van der Waals surface area contributed by atoms with Gasteiger partial charge in [-0.15, -0.1) is 0 Å². The summed E-state index contributed by atoms with van der Waals surface area (Å²) in [6, 6.07) is 21.9. The minimum atomic E-state index is -0.186. The summed E-state index contributed by atoms with van der Waals surface area (Å²) < 4.78 is 14.8. The van der Waals surface area contributed by atoms with E-state index in [9.17, 15) is 4.39 Å². The van der Waals surface area contributed by atoms with E-state index in [0.717, 1.165) is 27.5 Å². The monoisotopic (exact) mass is 391 g/mol. The maximum Gasteiger partial charge on any atom is 0.131 e. The molecule has 0 amide bonds. The third-order valence-corrected chi connectivity index (χ3v) is 6.55. The normalized spacial score (nSPS) is 19.5. The molecule has 2 N–H and O–H groups in total. The number of hydrogen-bond donors (Lipinski definition) is 1. The second kappa shape index (κ2) is 8.50. The SMILES string of the molecule is CC1CCC(c2ccc(-c3ccc(-c4ccc(SN)cc4)cc3F)cc2)CC1. The number of nitrogens with two attached hydrogens (primary N) is 1. The molecule has 1 nitrogen and oxygen atoms in total. The number of benzene rings is 3. The molecule has 0 aromatic heterocycles. The molecule has 1 saturated carbocycles. The largest absolute Gasteiger partial charge is 0.274 e. The van der Waals surface area contributed by atoms with Crippen molar-refractivity contribution in [2.45, 2.75) is 43.4 Å². The predicted molar refractivity (Wildman–Crippen MR) is 118 cm³/mol. The van der Waals surface area contributed by atoms with Crippen molar-refractivity contribution in [3.05, 3.63) is 78.1 Å². The lowest BCUT2D eigenvalue weighted by atomic mass is 9.79. The van der Waals surface area contributed by atoms with E-state index in [1.165, 1.54) is 43.2 Å². The smallest absolute Gasteiger partial charge is 0.131 e. The van der Waals surface area contributed by atoms with Crippen LogP contribution in [0.1, 0.15) is 44.1 Å². The molecule has 0 saturated heterocycles. The molecular formula is C25H26FNS. The highest BCUT2D eigenvalue weighted by Crippen LogP contribution is 2.36. The first-order valence-corrected chi connectivity index (χ1v) is 10.9. The molecule has 1 fully saturated rings. The summed E-state index contributed by atoms with van der Waals surface area (Å²) in [6.07, 6.45) is 5.16. The summed E-state index contributed by atoms with van der Waals surface area (Å²) in [4.78, 5) is 0.994. The Bertz CT molecular complexity index is 926. The minimum Gasteiger partial charge on any atom is -0.274 e. The van der Waals surface area contributed by atoms with Gasteiger partial charge in [0.05, 0.1) is 0 Å². The van der Waals surface area contributed by atoms with Gasteiger partial charge in [0, 0.05) is 10.5 Å². The van der Waals surface area contributed by atoms with E-state index in [1.807, 2.05) is 36.4 Å². The molecule has 3 heteroatoms. The predicted octanol–water partition coefficient (Wildman–Crippen LogP) is 7.42. The van der Waals surface area contributed by atoms with Crippen LogP contribution in [0.3, 0.4) is 0 Å². The van der Waals surface area contributed by atoms with Gasteiger partial charge >= 0.3 is 0 Å². The molecule has 28 heavy (non-hydrogen) atoms. The topological polar surface area (TPSA) is 26.0 Å². The standard InChI is InChI=1S/C25H26FNS/c1-17-2-4-18(5-3-17)19-6-8-21(9-7-19)24-15-12-22(16-25(24)26)20-10-13-23(28-27)14-11-20/h6-18H,2-5,27H2,1H3. The molecule has 0 unspecified atom stereocenters. The molecule has 0 aliphatic heterocycles. The van der Waals surface area contributed by atoms with Crippen molar-refractivity contribution in [2.24, 2.45) is 11.1 Å². The van der Waals surface area contributed by atoms with Crippen LogP contribution in [-0.4, -0.2) is 0 Å². The summed E-state index contributed by atoms with van der Waals surface area (Å²) in [5.74, 6) is 1.33. The van der Waals surface area contributed by atoms with Gasteiger partial charge < -0.3 is 0 Å². The Morgan fingerprint density at radius 3 is 2.00 bits per heavy atom. The van der Waals surface area contributed by atoms with Crippen molar-refractivity contribution >= 4 is 11.9 Å². The highest BCUT2D eigenvalue weighted by Gasteiger charge is 2.19. The van der Waals surface area contributed by atoms with Gasteiger partial charge in [-0.25, -0.2) is 4.39 Å². The zero-order valence-electron chi connectivity index (χ0n) is 16.2. The van der Waals surface area contributed by atoms with Crippen LogP contribution in [0.2, 0.25) is 0 Å². The Morgan fingerprint density at radius 2 is 1.39 bits per heavy atom. The Hall–Kier alpha value is -2.10. The second-order valence-corrected chi connectivity index (χ2v) is 8.62. The van der Waals surface area contributed by atoms with E-state index in [4.69, 9.17) is 5.14 Å². The third kappa shape index (κ3) is 4.16. The highest BCUT2D eigenvalue weighted by molar-refractivity contribution is 7.97. The first kappa shape index (κ1) is 19.2. The van der Waals surface area contributed by atoms with Crippen molar-refractivity contribution < 1.29 is 4.39 Å². The summed E-state index contributed by atoms with van der Waals surface area (Å²) >= 11 is 1.21. The summed E-state index contributed by atoms with van der Waals surface area (Å²) in [6.45, 7) is 2.34. The van der Waals surface area contributed by atoms with E-state index in [0.29, 0.717) is 11.5 Å². The molecule has 3 aromatic rings.